The van der Waals surface area contributed by atoms with Crippen molar-refractivity contribution in [2.75, 3.05) is 18.2 Å². The van der Waals surface area contributed by atoms with Crippen molar-refractivity contribution in [1.29, 1.82) is 0 Å². The lowest BCUT2D eigenvalue weighted by Gasteiger charge is -2.09. The molecular formula is C25H26N4O3S3. The summed E-state index contributed by atoms with van der Waals surface area (Å²) >= 11 is 4.35. The number of carbonyl (C=O) groups excluding carboxylic acids is 2. The van der Waals surface area contributed by atoms with Crippen molar-refractivity contribution in [3.05, 3.63) is 57.1 Å². The number of aromatic nitrogens is 3. The summed E-state index contributed by atoms with van der Waals surface area (Å²) < 4.78 is 7.03. The van der Waals surface area contributed by atoms with Crippen molar-refractivity contribution in [2.45, 2.75) is 38.9 Å². The molecule has 0 aliphatic rings. The Bertz CT molecular complexity index is 1340. The normalized spacial score (nSPS) is 11.0. The number of thiophene rings is 2. The molecule has 0 aliphatic heterocycles. The number of hydrogen-bond acceptors (Lipinski definition) is 8. The second-order valence-corrected chi connectivity index (χ2v) is 10.5. The maximum atomic E-state index is 12.8. The summed E-state index contributed by atoms with van der Waals surface area (Å²) in [7, 11) is 1.34. The third-order valence-corrected chi connectivity index (χ3v) is 8.40. The third-order valence-electron chi connectivity index (χ3n) is 5.58. The fourth-order valence-electron chi connectivity index (χ4n) is 3.86. The molecule has 0 fully saturated rings. The van der Waals surface area contributed by atoms with E-state index in [9.17, 15) is 9.59 Å². The minimum atomic E-state index is -0.485. The lowest BCUT2D eigenvalue weighted by molar-refractivity contribution is -0.113. The first kappa shape index (κ1) is 25.2. The first-order chi connectivity index (χ1) is 17.0. The predicted octanol–water partition coefficient (Wildman–Crippen LogP) is 6.14. The molecule has 0 spiro atoms. The van der Waals surface area contributed by atoms with Gasteiger partial charge in [-0.25, -0.2) is 4.79 Å². The Morgan fingerprint density at radius 2 is 1.83 bits per heavy atom. The van der Waals surface area contributed by atoms with Gasteiger partial charge in [0.05, 0.1) is 12.9 Å². The number of hydrogen-bond donors (Lipinski definition) is 1. The number of nitrogens with one attached hydrogen (secondary N) is 1. The van der Waals surface area contributed by atoms with Crippen LogP contribution >= 0.6 is 34.4 Å². The summed E-state index contributed by atoms with van der Waals surface area (Å²) in [5.74, 6) is 0.256. The van der Waals surface area contributed by atoms with E-state index in [1.165, 1.54) is 40.6 Å². The smallest absolute Gasteiger partial charge is 0.341 e. The van der Waals surface area contributed by atoms with Crippen molar-refractivity contribution in [3.8, 4) is 22.5 Å². The van der Waals surface area contributed by atoms with Gasteiger partial charge in [0.15, 0.2) is 11.0 Å². The van der Waals surface area contributed by atoms with Crippen LogP contribution in [0.4, 0.5) is 5.00 Å². The lowest BCUT2D eigenvalue weighted by atomic mass is 10.0. The molecule has 182 valence electrons. The van der Waals surface area contributed by atoms with Crippen molar-refractivity contribution in [1.82, 2.24) is 14.8 Å². The largest absolute Gasteiger partial charge is 0.465 e. The molecule has 35 heavy (non-hydrogen) atoms. The molecule has 7 nitrogen and oxygen atoms in total. The molecule has 4 rings (SSSR count). The molecule has 3 aromatic heterocycles. The maximum Gasteiger partial charge on any atom is 0.341 e. The quantitative estimate of drug-likeness (QED) is 0.208. The number of aryl methyl sites for hydroxylation is 1. The number of nitrogens with zero attached hydrogens (tertiary/aromatic N) is 3. The van der Waals surface area contributed by atoms with Crippen LogP contribution in [0.15, 0.2) is 46.2 Å². The first-order valence-electron chi connectivity index (χ1n) is 11.2. The fraction of sp³-hybridized carbons (Fsp3) is 0.280. The summed E-state index contributed by atoms with van der Waals surface area (Å²) in [6.07, 6.45) is 0.931. The third kappa shape index (κ3) is 5.19. The van der Waals surface area contributed by atoms with Gasteiger partial charge in [-0.2, -0.15) is 0 Å². The molecule has 3 heterocycles. The zero-order valence-electron chi connectivity index (χ0n) is 20.0. The number of amides is 1. The van der Waals surface area contributed by atoms with Gasteiger partial charge in [0.1, 0.15) is 10.6 Å². The van der Waals surface area contributed by atoms with Crippen LogP contribution in [0.25, 0.3) is 22.5 Å². The van der Waals surface area contributed by atoms with Gasteiger partial charge in [0.25, 0.3) is 0 Å². The number of ether oxygens (including phenoxy) is 1. The molecule has 0 bridgehead atoms. The van der Waals surface area contributed by atoms with Crippen molar-refractivity contribution in [2.24, 2.45) is 0 Å². The molecular weight excluding hydrogens is 501 g/mol. The standard InChI is InChI=1S/C25H26N4O3S3/c1-5-17-15(3)33-13-19(17)22-27-28-25(29(22)6-2)35-14-20(30)26-23-21(24(31)32-4)18(12-34-23)16-10-8-7-9-11-16/h7-13H,5-6,14H2,1-4H3,(H,26,30). The average Bonchev–Trinajstić information content (AvgIpc) is 3.58. The van der Waals surface area contributed by atoms with E-state index < -0.39 is 5.97 Å². The van der Waals surface area contributed by atoms with Crippen LogP contribution in [-0.2, 0) is 22.5 Å². The van der Waals surface area contributed by atoms with Gasteiger partial charge in [-0.3, -0.25) is 4.79 Å². The molecule has 0 radical (unpaired) electrons. The molecule has 0 aliphatic carbocycles. The number of methoxy groups -OCH3 is 1. The van der Waals surface area contributed by atoms with Crippen molar-refractivity contribution < 1.29 is 14.3 Å². The molecule has 0 saturated carbocycles. The molecule has 1 aromatic carbocycles. The molecule has 1 amide bonds. The molecule has 10 heteroatoms. The van der Waals surface area contributed by atoms with E-state index in [0.29, 0.717) is 22.3 Å². The topological polar surface area (TPSA) is 86.1 Å². The number of carbonyl (C=O) groups is 2. The van der Waals surface area contributed by atoms with Gasteiger partial charge < -0.3 is 14.6 Å². The van der Waals surface area contributed by atoms with E-state index in [-0.39, 0.29) is 11.7 Å². The highest BCUT2D eigenvalue weighted by Crippen LogP contribution is 2.36. The maximum absolute atomic E-state index is 12.8. The van der Waals surface area contributed by atoms with Crippen LogP contribution in [-0.4, -0.2) is 39.5 Å². The van der Waals surface area contributed by atoms with Gasteiger partial charge in [0, 0.05) is 33.3 Å². The SMILES string of the molecule is CCc1c(-c2nnc(SCC(=O)Nc3scc(-c4ccccc4)c3C(=O)OC)n2CC)csc1C. The minimum Gasteiger partial charge on any atom is -0.465 e. The number of rotatable bonds is 9. The van der Waals surface area contributed by atoms with E-state index in [0.717, 1.165) is 28.9 Å². The summed E-state index contributed by atoms with van der Waals surface area (Å²) in [5.41, 5.74) is 4.38. The van der Waals surface area contributed by atoms with E-state index in [1.807, 2.05) is 47.2 Å². The predicted molar refractivity (Wildman–Crippen MR) is 144 cm³/mol. The number of benzene rings is 1. The zero-order chi connectivity index (χ0) is 24.9. The van der Waals surface area contributed by atoms with Crippen LogP contribution < -0.4 is 5.32 Å². The summed E-state index contributed by atoms with van der Waals surface area (Å²) in [6.45, 7) is 7.00. The molecule has 0 saturated heterocycles. The van der Waals surface area contributed by atoms with Gasteiger partial charge >= 0.3 is 5.97 Å². The van der Waals surface area contributed by atoms with Crippen LogP contribution in [0.3, 0.4) is 0 Å². The number of thioether (sulfide) groups is 1. The van der Waals surface area contributed by atoms with E-state index >= 15 is 0 Å². The first-order valence-corrected chi connectivity index (χ1v) is 13.9. The Balaban J connectivity index is 1.51. The molecule has 0 atom stereocenters. The van der Waals surface area contributed by atoms with Crippen molar-refractivity contribution >= 4 is 51.3 Å². The highest BCUT2D eigenvalue weighted by molar-refractivity contribution is 7.99. The Morgan fingerprint density at radius 3 is 2.51 bits per heavy atom. The Morgan fingerprint density at radius 1 is 1.09 bits per heavy atom. The lowest BCUT2D eigenvalue weighted by Crippen LogP contribution is -2.16. The zero-order valence-corrected chi connectivity index (χ0v) is 22.4. The second-order valence-electron chi connectivity index (χ2n) is 7.64. The Kier molecular flexibility index (Phi) is 8.04. The van der Waals surface area contributed by atoms with Crippen LogP contribution in [0.5, 0.6) is 0 Å². The van der Waals surface area contributed by atoms with Gasteiger partial charge in [-0.1, -0.05) is 49.0 Å². The highest BCUT2D eigenvalue weighted by Gasteiger charge is 2.23. The van der Waals surface area contributed by atoms with Crippen molar-refractivity contribution in [3.63, 3.8) is 0 Å². The van der Waals surface area contributed by atoms with Crippen LogP contribution in [0, 0.1) is 6.92 Å². The van der Waals surface area contributed by atoms with E-state index in [2.05, 4.69) is 34.7 Å². The Hall–Kier alpha value is -2.95. The highest BCUT2D eigenvalue weighted by atomic mass is 32.2. The van der Waals surface area contributed by atoms with Crippen LogP contribution in [0.1, 0.15) is 34.6 Å². The molecule has 4 aromatic rings. The summed E-state index contributed by atoms with van der Waals surface area (Å²) in [6, 6.07) is 9.56. The molecule has 1 N–H and O–H groups in total. The minimum absolute atomic E-state index is 0.139. The summed E-state index contributed by atoms with van der Waals surface area (Å²) in [4.78, 5) is 26.7. The summed E-state index contributed by atoms with van der Waals surface area (Å²) in [5, 5.41) is 16.8. The van der Waals surface area contributed by atoms with E-state index in [4.69, 9.17) is 4.74 Å². The Labute approximate surface area is 216 Å². The monoisotopic (exact) mass is 526 g/mol. The molecule has 0 unspecified atom stereocenters. The average molecular weight is 527 g/mol. The number of esters is 1. The fourth-order valence-corrected chi connectivity index (χ4v) is 6.58. The van der Waals surface area contributed by atoms with Gasteiger partial charge in [-0.05, 0) is 31.4 Å². The van der Waals surface area contributed by atoms with Gasteiger partial charge in [0.2, 0.25) is 5.91 Å². The second kappa shape index (κ2) is 11.2. The number of anilines is 1. The van der Waals surface area contributed by atoms with Gasteiger partial charge in [-0.15, -0.1) is 32.9 Å². The van der Waals surface area contributed by atoms with E-state index in [1.54, 1.807) is 11.3 Å². The van der Waals surface area contributed by atoms with Crippen LogP contribution in [0.2, 0.25) is 0 Å².